The monoisotopic (exact) mass is 400 g/mol. The van der Waals surface area contributed by atoms with Crippen molar-refractivity contribution < 1.29 is 9.59 Å². The number of carbonyl (C=O) groups excluding carboxylic acids is 2. The average molecular weight is 401 g/mol. The largest absolute Gasteiger partial charge is 0.352 e. The van der Waals surface area contributed by atoms with Crippen LogP contribution in [0.3, 0.4) is 0 Å². The molecule has 0 N–H and O–H groups in total. The molecule has 2 rings (SSSR count). The number of pyridine rings is 1. The Bertz CT molecular complexity index is 630. The third-order valence-corrected chi connectivity index (χ3v) is 5.10. The lowest BCUT2D eigenvalue weighted by Crippen LogP contribution is -2.49. The van der Waals surface area contributed by atoms with Crippen LogP contribution in [0.15, 0.2) is 12.3 Å². The zero-order chi connectivity index (χ0) is 19.1. The molecule has 2 amide bonds. The van der Waals surface area contributed by atoms with Gasteiger partial charge in [0.05, 0.1) is 10.0 Å². The van der Waals surface area contributed by atoms with Crippen molar-refractivity contribution in [2.75, 3.05) is 44.2 Å². The first-order valence-corrected chi connectivity index (χ1v) is 9.83. The third kappa shape index (κ3) is 5.48. The molecule has 1 aromatic heterocycles. The molecule has 0 aliphatic carbocycles. The molecule has 0 radical (unpaired) electrons. The Morgan fingerprint density at radius 2 is 1.77 bits per heavy atom. The van der Waals surface area contributed by atoms with Crippen LogP contribution in [-0.2, 0) is 9.59 Å². The molecule has 1 aliphatic heterocycles. The molecule has 1 aromatic rings. The van der Waals surface area contributed by atoms with Gasteiger partial charge in [0.2, 0.25) is 11.8 Å². The Kier molecular flexibility index (Phi) is 7.97. The second-order valence-electron chi connectivity index (χ2n) is 6.25. The second kappa shape index (κ2) is 9.97. The van der Waals surface area contributed by atoms with E-state index >= 15 is 0 Å². The van der Waals surface area contributed by atoms with Gasteiger partial charge in [0.15, 0.2) is 0 Å². The minimum absolute atomic E-state index is 0.104. The molecule has 0 spiro atoms. The molecule has 1 aliphatic rings. The molecule has 0 saturated carbocycles. The summed E-state index contributed by atoms with van der Waals surface area (Å²) in [5.41, 5.74) is 0. The maximum atomic E-state index is 12.4. The van der Waals surface area contributed by atoms with Gasteiger partial charge in [-0.05, 0) is 26.3 Å². The normalized spacial score (nSPS) is 14.5. The van der Waals surface area contributed by atoms with Crippen LogP contribution in [0.1, 0.15) is 33.1 Å². The van der Waals surface area contributed by atoms with Crippen LogP contribution < -0.4 is 4.90 Å². The highest BCUT2D eigenvalue weighted by atomic mass is 35.5. The van der Waals surface area contributed by atoms with Gasteiger partial charge in [0.1, 0.15) is 5.82 Å². The lowest BCUT2D eigenvalue weighted by molar-refractivity contribution is -0.132. The van der Waals surface area contributed by atoms with Crippen molar-refractivity contribution in [3.05, 3.63) is 22.3 Å². The van der Waals surface area contributed by atoms with Gasteiger partial charge < -0.3 is 14.7 Å². The summed E-state index contributed by atoms with van der Waals surface area (Å²) >= 11 is 12.1. The quantitative estimate of drug-likeness (QED) is 0.705. The molecule has 1 saturated heterocycles. The molecule has 6 nitrogen and oxygen atoms in total. The van der Waals surface area contributed by atoms with E-state index in [1.807, 2.05) is 18.7 Å². The SMILES string of the molecule is CCN(CC)C(=O)CCCC(=O)N1CCN(c2ncc(Cl)cc2Cl)CC1. The number of carbonyl (C=O) groups is 2. The van der Waals surface area contributed by atoms with Crippen molar-refractivity contribution >= 4 is 40.8 Å². The number of halogens is 2. The molecule has 2 heterocycles. The summed E-state index contributed by atoms with van der Waals surface area (Å²) in [7, 11) is 0. The second-order valence-corrected chi connectivity index (χ2v) is 7.09. The predicted octanol–water partition coefficient (Wildman–Crippen LogP) is 3.08. The molecule has 0 aromatic carbocycles. The zero-order valence-electron chi connectivity index (χ0n) is 15.4. The Balaban J connectivity index is 1.77. The van der Waals surface area contributed by atoms with Crippen molar-refractivity contribution in [2.24, 2.45) is 0 Å². The minimum atomic E-state index is 0.104. The summed E-state index contributed by atoms with van der Waals surface area (Å²) in [6, 6.07) is 1.68. The standard InChI is InChI=1S/C18H26Cl2N4O2/c1-3-22(4-2)16(25)6-5-7-17(26)23-8-10-24(11-9-23)18-15(20)12-14(19)13-21-18/h12-13H,3-11H2,1-2H3. The summed E-state index contributed by atoms with van der Waals surface area (Å²) < 4.78 is 0. The van der Waals surface area contributed by atoms with Gasteiger partial charge in [-0.2, -0.15) is 0 Å². The number of aromatic nitrogens is 1. The molecule has 0 unspecified atom stereocenters. The average Bonchev–Trinajstić information content (AvgIpc) is 2.63. The molecule has 8 heteroatoms. The Morgan fingerprint density at radius 1 is 1.12 bits per heavy atom. The third-order valence-electron chi connectivity index (χ3n) is 4.62. The van der Waals surface area contributed by atoms with Gasteiger partial charge >= 0.3 is 0 Å². The number of rotatable bonds is 7. The van der Waals surface area contributed by atoms with Gasteiger partial charge in [0.25, 0.3) is 0 Å². The number of amides is 2. The molecule has 26 heavy (non-hydrogen) atoms. The summed E-state index contributed by atoms with van der Waals surface area (Å²) in [6.45, 7) is 7.98. The van der Waals surface area contributed by atoms with E-state index in [4.69, 9.17) is 23.2 Å². The number of piperazine rings is 1. The first-order chi connectivity index (χ1) is 12.5. The van der Waals surface area contributed by atoms with E-state index in [9.17, 15) is 9.59 Å². The number of nitrogens with zero attached hydrogens (tertiary/aromatic N) is 4. The van der Waals surface area contributed by atoms with E-state index in [-0.39, 0.29) is 11.8 Å². The Morgan fingerprint density at radius 3 is 2.35 bits per heavy atom. The first kappa shape index (κ1) is 20.8. The summed E-state index contributed by atoms with van der Waals surface area (Å²) in [4.78, 5) is 34.3. The van der Waals surface area contributed by atoms with Crippen molar-refractivity contribution in [3.8, 4) is 0 Å². The summed E-state index contributed by atoms with van der Waals surface area (Å²) in [6.07, 6.45) is 3.01. The highest BCUT2D eigenvalue weighted by molar-refractivity contribution is 6.36. The molecule has 1 fully saturated rings. The highest BCUT2D eigenvalue weighted by Gasteiger charge is 2.23. The summed E-state index contributed by atoms with van der Waals surface area (Å²) in [5, 5.41) is 1.03. The topological polar surface area (TPSA) is 56.8 Å². The number of anilines is 1. The Labute approximate surface area is 165 Å². The fourth-order valence-electron chi connectivity index (χ4n) is 3.09. The van der Waals surface area contributed by atoms with Crippen LogP contribution in [0.2, 0.25) is 10.0 Å². The van der Waals surface area contributed by atoms with Crippen LogP contribution in [0.25, 0.3) is 0 Å². The maximum Gasteiger partial charge on any atom is 0.222 e. The molecular formula is C18H26Cl2N4O2. The minimum Gasteiger partial charge on any atom is -0.352 e. The number of hydrogen-bond acceptors (Lipinski definition) is 4. The van der Waals surface area contributed by atoms with Crippen LogP contribution in [0.4, 0.5) is 5.82 Å². The lowest BCUT2D eigenvalue weighted by Gasteiger charge is -2.35. The van der Waals surface area contributed by atoms with E-state index in [0.717, 1.165) is 0 Å². The molecule has 0 bridgehead atoms. The van der Waals surface area contributed by atoms with Crippen LogP contribution in [0, 0.1) is 0 Å². The van der Waals surface area contributed by atoms with Crippen molar-refractivity contribution in [1.82, 2.24) is 14.8 Å². The van der Waals surface area contributed by atoms with Gasteiger partial charge in [0, 0.05) is 58.3 Å². The molecule has 0 atom stereocenters. The molecule has 144 valence electrons. The van der Waals surface area contributed by atoms with Gasteiger partial charge in [-0.15, -0.1) is 0 Å². The highest BCUT2D eigenvalue weighted by Crippen LogP contribution is 2.26. The van der Waals surface area contributed by atoms with E-state index in [1.54, 1.807) is 17.2 Å². The lowest BCUT2D eigenvalue weighted by atomic mass is 10.2. The first-order valence-electron chi connectivity index (χ1n) is 9.07. The molecular weight excluding hydrogens is 375 g/mol. The van der Waals surface area contributed by atoms with E-state index in [1.165, 1.54) is 0 Å². The predicted molar refractivity (Wildman–Crippen MR) is 105 cm³/mol. The zero-order valence-corrected chi connectivity index (χ0v) is 16.9. The van der Waals surface area contributed by atoms with Crippen molar-refractivity contribution in [2.45, 2.75) is 33.1 Å². The smallest absolute Gasteiger partial charge is 0.222 e. The van der Waals surface area contributed by atoms with Gasteiger partial charge in [-0.1, -0.05) is 23.2 Å². The summed E-state index contributed by atoms with van der Waals surface area (Å²) in [5.74, 6) is 0.927. The van der Waals surface area contributed by atoms with Gasteiger partial charge in [-0.25, -0.2) is 4.98 Å². The van der Waals surface area contributed by atoms with Crippen molar-refractivity contribution in [1.29, 1.82) is 0 Å². The van der Waals surface area contributed by atoms with E-state index in [0.29, 0.717) is 74.4 Å². The number of hydrogen-bond donors (Lipinski definition) is 0. The fourth-order valence-corrected chi connectivity index (χ4v) is 3.59. The van der Waals surface area contributed by atoms with Gasteiger partial charge in [-0.3, -0.25) is 9.59 Å². The Hall–Kier alpha value is -1.53. The van der Waals surface area contributed by atoms with E-state index < -0.39 is 0 Å². The van der Waals surface area contributed by atoms with Crippen LogP contribution in [-0.4, -0.2) is 65.9 Å². The van der Waals surface area contributed by atoms with Crippen LogP contribution >= 0.6 is 23.2 Å². The maximum absolute atomic E-state index is 12.4. The van der Waals surface area contributed by atoms with E-state index in [2.05, 4.69) is 9.88 Å². The van der Waals surface area contributed by atoms with Crippen molar-refractivity contribution in [3.63, 3.8) is 0 Å². The fraction of sp³-hybridized carbons (Fsp3) is 0.611. The van der Waals surface area contributed by atoms with Crippen LogP contribution in [0.5, 0.6) is 0 Å².